The van der Waals surface area contributed by atoms with Crippen LogP contribution in [0.25, 0.3) is 11.3 Å². The van der Waals surface area contributed by atoms with E-state index in [0.717, 1.165) is 29.1 Å². The number of amides is 2. The fourth-order valence-corrected chi connectivity index (χ4v) is 3.65. The molecule has 3 aromatic rings. The first-order chi connectivity index (χ1) is 16.3. The van der Waals surface area contributed by atoms with Gasteiger partial charge in [0.05, 0.1) is 17.9 Å². The molecule has 178 valence electrons. The highest BCUT2D eigenvalue weighted by molar-refractivity contribution is 5.89. The van der Waals surface area contributed by atoms with Gasteiger partial charge in [0, 0.05) is 37.4 Å². The zero-order valence-electron chi connectivity index (χ0n) is 18.5. The summed E-state index contributed by atoms with van der Waals surface area (Å²) in [6, 6.07) is 15.6. The Morgan fingerprint density at radius 3 is 2.35 bits per heavy atom. The second-order valence-electron chi connectivity index (χ2n) is 7.72. The van der Waals surface area contributed by atoms with Gasteiger partial charge in [-0.3, -0.25) is 0 Å². The highest BCUT2D eigenvalue weighted by Crippen LogP contribution is 2.30. The average Bonchev–Trinajstić information content (AvgIpc) is 2.85. The lowest BCUT2D eigenvalue weighted by atomic mass is 10.1. The topological polar surface area (TPSA) is 70.6 Å². The molecule has 1 aliphatic heterocycles. The molecule has 0 atom stereocenters. The quantitative estimate of drug-likeness (QED) is 0.572. The summed E-state index contributed by atoms with van der Waals surface area (Å²) in [5, 5.41) is 11.2. The Balaban J connectivity index is 1.32. The molecule has 34 heavy (non-hydrogen) atoms. The minimum atomic E-state index is -4.46. The number of carbonyl (C=O) groups is 1. The van der Waals surface area contributed by atoms with Crippen LogP contribution in [-0.2, 0) is 6.18 Å². The van der Waals surface area contributed by atoms with Crippen LogP contribution in [0.3, 0.4) is 0 Å². The van der Waals surface area contributed by atoms with Gasteiger partial charge in [-0.25, -0.2) is 4.79 Å². The number of nitrogens with zero attached hydrogens (tertiary/aromatic N) is 4. The number of rotatable bonds is 5. The molecule has 1 aromatic heterocycles. The van der Waals surface area contributed by atoms with Crippen molar-refractivity contribution in [3.8, 4) is 17.0 Å². The minimum Gasteiger partial charge on any atom is -0.494 e. The average molecular weight is 471 g/mol. The SMILES string of the molecule is CCOc1ccc(-c2ccc(N3CCN(C(=O)Nc4cccc(C(F)(F)F)c4)CC3)nn2)cc1. The maximum Gasteiger partial charge on any atom is 0.416 e. The van der Waals surface area contributed by atoms with E-state index >= 15 is 0 Å². The predicted octanol–water partition coefficient (Wildman–Crippen LogP) is 4.92. The first kappa shape index (κ1) is 23.3. The van der Waals surface area contributed by atoms with E-state index in [1.165, 1.54) is 12.1 Å². The number of urea groups is 1. The van der Waals surface area contributed by atoms with Crippen molar-refractivity contribution in [2.45, 2.75) is 13.1 Å². The molecule has 4 rings (SSSR count). The Labute approximate surface area is 195 Å². The van der Waals surface area contributed by atoms with Crippen LogP contribution < -0.4 is 15.0 Å². The van der Waals surface area contributed by atoms with Crippen molar-refractivity contribution in [1.82, 2.24) is 15.1 Å². The molecule has 2 aromatic carbocycles. The smallest absolute Gasteiger partial charge is 0.416 e. The third-order valence-corrected chi connectivity index (χ3v) is 5.44. The summed E-state index contributed by atoms with van der Waals surface area (Å²) < 4.78 is 44.1. The van der Waals surface area contributed by atoms with Crippen molar-refractivity contribution in [2.24, 2.45) is 0 Å². The number of anilines is 2. The lowest BCUT2D eigenvalue weighted by molar-refractivity contribution is -0.137. The van der Waals surface area contributed by atoms with Gasteiger partial charge in [0.15, 0.2) is 5.82 Å². The van der Waals surface area contributed by atoms with Crippen LogP contribution in [-0.4, -0.2) is 53.9 Å². The van der Waals surface area contributed by atoms with Crippen LogP contribution in [0, 0.1) is 0 Å². The molecule has 1 N–H and O–H groups in total. The summed E-state index contributed by atoms with van der Waals surface area (Å²) >= 11 is 0. The van der Waals surface area contributed by atoms with E-state index in [9.17, 15) is 18.0 Å². The first-order valence-corrected chi connectivity index (χ1v) is 10.9. The second kappa shape index (κ2) is 9.98. The molecule has 1 saturated heterocycles. The van der Waals surface area contributed by atoms with Gasteiger partial charge in [0.1, 0.15) is 5.75 Å². The third kappa shape index (κ3) is 5.56. The second-order valence-corrected chi connectivity index (χ2v) is 7.72. The predicted molar refractivity (Wildman–Crippen MR) is 123 cm³/mol. The number of piperazine rings is 1. The number of nitrogens with one attached hydrogen (secondary N) is 1. The van der Waals surface area contributed by atoms with Crippen LogP contribution in [0.1, 0.15) is 12.5 Å². The molecule has 0 radical (unpaired) electrons. The summed E-state index contributed by atoms with van der Waals surface area (Å²) in [6.45, 7) is 4.43. The zero-order chi connectivity index (χ0) is 24.1. The van der Waals surface area contributed by atoms with Gasteiger partial charge in [0.2, 0.25) is 0 Å². The van der Waals surface area contributed by atoms with Crippen molar-refractivity contribution in [2.75, 3.05) is 43.0 Å². The minimum absolute atomic E-state index is 0.109. The monoisotopic (exact) mass is 471 g/mol. The van der Waals surface area contributed by atoms with Gasteiger partial charge in [-0.1, -0.05) is 6.07 Å². The van der Waals surface area contributed by atoms with E-state index in [1.54, 1.807) is 4.90 Å². The molecule has 1 aliphatic rings. The highest BCUT2D eigenvalue weighted by Gasteiger charge is 2.30. The summed E-state index contributed by atoms with van der Waals surface area (Å²) in [5.41, 5.74) is 0.977. The Hall–Kier alpha value is -3.82. The van der Waals surface area contributed by atoms with Crippen LogP contribution in [0.2, 0.25) is 0 Å². The fraction of sp³-hybridized carbons (Fsp3) is 0.292. The van der Waals surface area contributed by atoms with Gasteiger partial charge in [-0.15, -0.1) is 10.2 Å². The summed E-state index contributed by atoms with van der Waals surface area (Å²) in [5.74, 6) is 1.50. The highest BCUT2D eigenvalue weighted by atomic mass is 19.4. The van der Waals surface area contributed by atoms with Crippen LogP contribution in [0.15, 0.2) is 60.7 Å². The maximum absolute atomic E-state index is 12.9. The lowest BCUT2D eigenvalue weighted by Gasteiger charge is -2.35. The Kier molecular flexibility index (Phi) is 6.85. The molecule has 0 bridgehead atoms. The number of alkyl halides is 3. The van der Waals surface area contributed by atoms with Crippen molar-refractivity contribution in [1.29, 1.82) is 0 Å². The molecule has 0 spiro atoms. The summed E-state index contributed by atoms with van der Waals surface area (Å²) in [6.07, 6.45) is -4.46. The first-order valence-electron chi connectivity index (χ1n) is 10.9. The molecular formula is C24H24F3N5O2. The van der Waals surface area contributed by atoms with Crippen LogP contribution >= 0.6 is 0 Å². The molecule has 7 nitrogen and oxygen atoms in total. The van der Waals surface area contributed by atoms with Crippen LogP contribution in [0.4, 0.5) is 29.5 Å². The van der Waals surface area contributed by atoms with Crippen LogP contribution in [0.5, 0.6) is 5.75 Å². The molecule has 0 saturated carbocycles. The Morgan fingerprint density at radius 1 is 1.00 bits per heavy atom. The molecule has 2 heterocycles. The normalized spacial score (nSPS) is 14.1. The Bertz CT molecular complexity index is 1110. The van der Waals surface area contributed by atoms with Gasteiger partial charge in [0.25, 0.3) is 0 Å². The van der Waals surface area contributed by atoms with Gasteiger partial charge in [-0.2, -0.15) is 13.2 Å². The molecule has 0 unspecified atom stereocenters. The Morgan fingerprint density at radius 2 is 1.74 bits per heavy atom. The van der Waals surface area contributed by atoms with Crippen molar-refractivity contribution < 1.29 is 22.7 Å². The zero-order valence-corrected chi connectivity index (χ0v) is 18.5. The number of hydrogen-bond donors (Lipinski definition) is 1. The molecule has 0 aliphatic carbocycles. The maximum atomic E-state index is 12.9. The number of hydrogen-bond acceptors (Lipinski definition) is 5. The third-order valence-electron chi connectivity index (χ3n) is 5.44. The van der Waals surface area contributed by atoms with Gasteiger partial charge < -0.3 is 19.9 Å². The molecule has 2 amide bonds. The van der Waals surface area contributed by atoms with Crippen molar-refractivity contribution in [3.05, 3.63) is 66.2 Å². The van der Waals surface area contributed by atoms with Crippen molar-refractivity contribution >= 4 is 17.5 Å². The van der Waals surface area contributed by atoms with E-state index in [-0.39, 0.29) is 5.69 Å². The number of ether oxygens (including phenoxy) is 1. The van der Waals surface area contributed by atoms with Gasteiger partial charge >= 0.3 is 12.2 Å². The fourth-order valence-electron chi connectivity index (χ4n) is 3.65. The lowest BCUT2D eigenvalue weighted by Crippen LogP contribution is -2.50. The van der Waals surface area contributed by atoms with E-state index in [2.05, 4.69) is 15.5 Å². The van der Waals surface area contributed by atoms with Crippen molar-refractivity contribution in [3.63, 3.8) is 0 Å². The van der Waals surface area contributed by atoms with E-state index in [0.29, 0.717) is 38.6 Å². The molecule has 10 heteroatoms. The number of aromatic nitrogens is 2. The number of halogens is 3. The van der Waals surface area contributed by atoms with E-state index in [4.69, 9.17) is 4.74 Å². The molecular weight excluding hydrogens is 447 g/mol. The van der Waals surface area contributed by atoms with Gasteiger partial charge in [-0.05, 0) is 61.5 Å². The largest absolute Gasteiger partial charge is 0.494 e. The summed E-state index contributed by atoms with van der Waals surface area (Å²) in [7, 11) is 0. The number of benzene rings is 2. The summed E-state index contributed by atoms with van der Waals surface area (Å²) in [4.78, 5) is 16.1. The number of carbonyl (C=O) groups excluding carboxylic acids is 1. The molecule has 1 fully saturated rings. The van der Waals surface area contributed by atoms with E-state index in [1.807, 2.05) is 48.2 Å². The standard InChI is InChI=1S/C24H24F3N5O2/c1-2-34-20-8-6-17(7-9-20)21-10-11-22(30-29-21)31-12-14-32(15-13-31)23(33)28-19-5-3-4-18(16-19)24(25,26)27/h3-11,16H,2,12-15H2,1H3,(H,28,33). The van der Waals surface area contributed by atoms with E-state index < -0.39 is 17.8 Å².